The molecule has 0 aliphatic carbocycles. The number of carbonyl (C=O) groups excluding carboxylic acids is 1. The molecule has 2 nitrogen and oxygen atoms in total. The maximum absolute atomic E-state index is 12.1. The van der Waals surface area contributed by atoms with Gasteiger partial charge in [-0.1, -0.05) is 41.9 Å². The van der Waals surface area contributed by atoms with E-state index in [9.17, 15) is 4.79 Å². The first-order valence-electron chi connectivity index (χ1n) is 5.98. The quantitative estimate of drug-likeness (QED) is 0.769. The van der Waals surface area contributed by atoms with Crippen LogP contribution >= 0.6 is 39.1 Å². The second kappa shape index (κ2) is 7.11. The number of amides is 1. The highest BCUT2D eigenvalue weighted by Crippen LogP contribution is 2.25. The van der Waals surface area contributed by atoms with E-state index in [1.807, 2.05) is 24.3 Å². The van der Waals surface area contributed by atoms with Crippen molar-refractivity contribution in [3.8, 4) is 0 Å². The number of halogens is 3. The fourth-order valence-corrected chi connectivity index (χ4v) is 2.52. The molecule has 0 fully saturated rings. The first kappa shape index (κ1) is 15.4. The molecule has 5 heteroatoms. The van der Waals surface area contributed by atoms with Crippen LogP contribution in [0.1, 0.15) is 21.5 Å². The minimum atomic E-state index is -0.201. The summed E-state index contributed by atoms with van der Waals surface area (Å²) in [6.07, 6.45) is 0. The van der Waals surface area contributed by atoms with E-state index in [-0.39, 0.29) is 5.91 Å². The number of benzene rings is 2. The number of hydrogen-bond donors (Lipinski definition) is 1. The lowest BCUT2D eigenvalue weighted by Crippen LogP contribution is -2.23. The molecule has 0 saturated heterocycles. The zero-order valence-electron chi connectivity index (χ0n) is 10.5. The van der Waals surface area contributed by atoms with Crippen molar-refractivity contribution in [2.75, 3.05) is 0 Å². The van der Waals surface area contributed by atoms with Gasteiger partial charge >= 0.3 is 0 Å². The molecule has 20 heavy (non-hydrogen) atoms. The van der Waals surface area contributed by atoms with Gasteiger partial charge in [0.25, 0.3) is 5.91 Å². The molecule has 0 saturated carbocycles. The maximum atomic E-state index is 12.1. The Morgan fingerprint density at radius 3 is 2.60 bits per heavy atom. The van der Waals surface area contributed by atoms with Crippen molar-refractivity contribution in [2.45, 2.75) is 12.4 Å². The van der Waals surface area contributed by atoms with Crippen molar-refractivity contribution in [2.24, 2.45) is 0 Å². The van der Waals surface area contributed by atoms with Crippen LogP contribution in [0.25, 0.3) is 0 Å². The van der Waals surface area contributed by atoms with Gasteiger partial charge in [-0.3, -0.25) is 4.79 Å². The van der Waals surface area contributed by atoms with Crippen LogP contribution in [-0.2, 0) is 12.4 Å². The number of hydrogen-bond acceptors (Lipinski definition) is 1. The van der Waals surface area contributed by atoms with Crippen LogP contribution in [0.3, 0.4) is 0 Å². The van der Waals surface area contributed by atoms with Crippen molar-refractivity contribution in [1.29, 1.82) is 0 Å². The summed E-state index contributed by atoms with van der Waals surface area (Å²) < 4.78 is 0.705. The van der Waals surface area contributed by atoms with Crippen molar-refractivity contribution < 1.29 is 4.79 Å². The molecule has 2 aromatic carbocycles. The molecule has 1 amide bonds. The highest BCUT2D eigenvalue weighted by atomic mass is 79.9. The molecule has 0 aliphatic heterocycles. The predicted molar refractivity (Wildman–Crippen MR) is 86.3 cm³/mol. The summed E-state index contributed by atoms with van der Waals surface area (Å²) in [6.45, 7) is 0.437. The van der Waals surface area contributed by atoms with E-state index >= 15 is 0 Å². The van der Waals surface area contributed by atoms with E-state index < -0.39 is 0 Å². The molecule has 0 heterocycles. The molecule has 0 atom stereocenters. The van der Waals surface area contributed by atoms with E-state index in [4.69, 9.17) is 23.2 Å². The van der Waals surface area contributed by atoms with Gasteiger partial charge in [-0.15, -0.1) is 11.6 Å². The van der Waals surface area contributed by atoms with E-state index in [0.29, 0.717) is 27.5 Å². The minimum Gasteiger partial charge on any atom is -0.348 e. The summed E-state index contributed by atoms with van der Waals surface area (Å²) in [4.78, 5) is 12.1. The molecule has 0 unspecified atom stereocenters. The second-order valence-corrected chi connectivity index (χ2v) is 5.74. The van der Waals surface area contributed by atoms with Crippen LogP contribution in [0.5, 0.6) is 0 Å². The lowest BCUT2D eigenvalue weighted by atomic mass is 10.1. The molecule has 0 aromatic heterocycles. The predicted octanol–water partition coefficient (Wildman–Crippen LogP) is 4.77. The molecule has 1 N–H and O–H groups in total. The van der Waals surface area contributed by atoms with Gasteiger partial charge in [0, 0.05) is 16.9 Å². The first-order valence-corrected chi connectivity index (χ1v) is 7.68. The SMILES string of the molecule is O=C(NCc1cccc(CCl)c1)c1cccc(Br)c1Cl. The average molecular weight is 373 g/mol. The molecule has 0 aliphatic rings. The molecular weight excluding hydrogens is 361 g/mol. The van der Waals surface area contributed by atoms with E-state index in [1.54, 1.807) is 18.2 Å². The third kappa shape index (κ3) is 3.75. The Morgan fingerprint density at radius 2 is 1.85 bits per heavy atom. The molecule has 0 spiro atoms. The maximum Gasteiger partial charge on any atom is 0.253 e. The van der Waals surface area contributed by atoms with Gasteiger partial charge in [-0.05, 0) is 39.2 Å². The number of nitrogens with one attached hydrogen (secondary N) is 1. The van der Waals surface area contributed by atoms with Crippen LogP contribution in [0, 0.1) is 0 Å². The van der Waals surface area contributed by atoms with Gasteiger partial charge in [0.05, 0.1) is 10.6 Å². The topological polar surface area (TPSA) is 29.1 Å². The Labute approximate surface area is 136 Å². The van der Waals surface area contributed by atoms with Crippen LogP contribution in [-0.4, -0.2) is 5.91 Å². The van der Waals surface area contributed by atoms with Crippen molar-refractivity contribution in [1.82, 2.24) is 5.32 Å². The summed E-state index contributed by atoms with van der Waals surface area (Å²) in [5.41, 5.74) is 2.48. The van der Waals surface area contributed by atoms with Crippen LogP contribution < -0.4 is 5.32 Å². The Morgan fingerprint density at radius 1 is 1.15 bits per heavy atom. The van der Waals surface area contributed by atoms with E-state index in [1.165, 1.54) is 0 Å². The zero-order chi connectivity index (χ0) is 14.5. The Bertz CT molecular complexity index is 631. The van der Waals surface area contributed by atoms with Crippen molar-refractivity contribution in [3.05, 3.63) is 68.7 Å². The lowest BCUT2D eigenvalue weighted by molar-refractivity contribution is 0.0951. The van der Waals surface area contributed by atoms with Gasteiger partial charge < -0.3 is 5.32 Å². The molecule has 104 valence electrons. The number of carbonyl (C=O) groups is 1. The van der Waals surface area contributed by atoms with E-state index in [0.717, 1.165) is 11.1 Å². The summed E-state index contributed by atoms with van der Waals surface area (Å²) in [7, 11) is 0. The largest absolute Gasteiger partial charge is 0.348 e. The lowest BCUT2D eigenvalue weighted by Gasteiger charge is -2.08. The van der Waals surface area contributed by atoms with Gasteiger partial charge in [0.2, 0.25) is 0 Å². The van der Waals surface area contributed by atoms with Gasteiger partial charge in [-0.2, -0.15) is 0 Å². The Hall–Kier alpha value is -1.03. The summed E-state index contributed by atoms with van der Waals surface area (Å²) in [5, 5.41) is 3.26. The summed E-state index contributed by atoms with van der Waals surface area (Å²) in [6, 6.07) is 13.0. The fraction of sp³-hybridized carbons (Fsp3) is 0.133. The smallest absolute Gasteiger partial charge is 0.253 e. The van der Waals surface area contributed by atoms with Gasteiger partial charge in [0.15, 0.2) is 0 Å². The zero-order valence-corrected chi connectivity index (χ0v) is 13.6. The Balaban J connectivity index is 2.06. The first-order chi connectivity index (χ1) is 9.61. The van der Waals surface area contributed by atoms with Crippen molar-refractivity contribution >= 4 is 45.0 Å². The van der Waals surface area contributed by atoms with Gasteiger partial charge in [0.1, 0.15) is 0 Å². The number of alkyl halides is 1. The molecule has 0 bridgehead atoms. The fourth-order valence-electron chi connectivity index (χ4n) is 1.78. The summed E-state index contributed by atoms with van der Waals surface area (Å²) >= 11 is 15.2. The van der Waals surface area contributed by atoms with E-state index in [2.05, 4.69) is 21.2 Å². The second-order valence-electron chi connectivity index (χ2n) is 4.24. The minimum absolute atomic E-state index is 0.201. The van der Waals surface area contributed by atoms with Crippen molar-refractivity contribution in [3.63, 3.8) is 0 Å². The highest BCUT2D eigenvalue weighted by molar-refractivity contribution is 9.10. The van der Waals surface area contributed by atoms with Gasteiger partial charge in [-0.25, -0.2) is 0 Å². The summed E-state index contributed by atoms with van der Waals surface area (Å²) in [5.74, 6) is 0.256. The molecule has 2 rings (SSSR count). The highest BCUT2D eigenvalue weighted by Gasteiger charge is 2.11. The molecule has 0 radical (unpaired) electrons. The number of rotatable bonds is 4. The van der Waals surface area contributed by atoms with Crippen LogP contribution in [0.4, 0.5) is 0 Å². The molecule has 2 aromatic rings. The molecular formula is C15H12BrCl2NO. The monoisotopic (exact) mass is 371 g/mol. The Kier molecular flexibility index (Phi) is 5.46. The van der Waals surface area contributed by atoms with Crippen LogP contribution in [0.15, 0.2) is 46.9 Å². The van der Waals surface area contributed by atoms with Crippen LogP contribution in [0.2, 0.25) is 5.02 Å². The third-order valence-corrected chi connectivity index (χ3v) is 4.40. The normalized spacial score (nSPS) is 10.3. The average Bonchev–Trinajstić information content (AvgIpc) is 2.48. The third-order valence-electron chi connectivity index (χ3n) is 2.79. The standard InChI is InChI=1S/C15H12BrCl2NO/c16-13-6-2-5-12(14(13)18)15(20)19-9-11-4-1-3-10(7-11)8-17/h1-7H,8-9H2,(H,19,20).